The van der Waals surface area contributed by atoms with E-state index in [1.165, 1.54) is 34.2 Å². The van der Waals surface area contributed by atoms with Crippen molar-refractivity contribution in [3.63, 3.8) is 0 Å². The van der Waals surface area contributed by atoms with Gasteiger partial charge in [-0.3, -0.25) is 0 Å². The van der Waals surface area contributed by atoms with Gasteiger partial charge in [0, 0.05) is 16.6 Å². The molecule has 0 aliphatic heterocycles. The van der Waals surface area contributed by atoms with Gasteiger partial charge in [0.15, 0.2) is 4.34 Å². The molecule has 0 radical (unpaired) electrons. The van der Waals surface area contributed by atoms with E-state index in [-0.39, 0.29) is 0 Å². The van der Waals surface area contributed by atoms with Crippen molar-refractivity contribution < 1.29 is 4.52 Å². The molecule has 3 aromatic heterocycles. The van der Waals surface area contributed by atoms with E-state index in [0.29, 0.717) is 17.5 Å². The Bertz CT molecular complexity index is 1010. The Hall–Kier alpha value is -2.23. The van der Waals surface area contributed by atoms with Crippen LogP contribution in [0.1, 0.15) is 17.0 Å². The Balaban J connectivity index is 1.39. The van der Waals surface area contributed by atoms with Crippen LogP contribution in [0.25, 0.3) is 11.4 Å². The molecular weight excluding hydrogens is 386 g/mol. The second-order valence-corrected chi connectivity index (χ2v) is 8.54. The van der Waals surface area contributed by atoms with Crippen LogP contribution in [0, 0.1) is 13.8 Å². The summed E-state index contributed by atoms with van der Waals surface area (Å²) < 4.78 is 6.16. The highest BCUT2D eigenvalue weighted by Gasteiger charge is 2.12. The molecule has 9 heteroatoms. The molecule has 0 saturated carbocycles. The fourth-order valence-corrected chi connectivity index (χ4v) is 4.50. The summed E-state index contributed by atoms with van der Waals surface area (Å²) in [5.41, 5.74) is 4.48. The first kappa shape index (κ1) is 17.2. The number of rotatable bonds is 6. The van der Waals surface area contributed by atoms with Gasteiger partial charge in [-0.15, -0.1) is 10.2 Å². The SMILES string of the molecule is Cc1cccc(Nc2nnc(SCc3nc(-c4ccsc4)no3)s2)c1C. The van der Waals surface area contributed by atoms with Gasteiger partial charge in [-0.25, -0.2) is 0 Å². The maximum atomic E-state index is 5.31. The predicted molar refractivity (Wildman–Crippen MR) is 106 cm³/mol. The van der Waals surface area contributed by atoms with Gasteiger partial charge in [0.2, 0.25) is 16.8 Å². The topological polar surface area (TPSA) is 76.7 Å². The molecule has 0 spiro atoms. The number of hydrogen-bond donors (Lipinski definition) is 1. The Morgan fingerprint density at radius 3 is 2.96 bits per heavy atom. The molecule has 4 aromatic rings. The van der Waals surface area contributed by atoms with Gasteiger partial charge in [-0.2, -0.15) is 16.3 Å². The molecule has 0 fully saturated rings. The molecule has 132 valence electrons. The zero-order valence-corrected chi connectivity index (χ0v) is 16.5. The van der Waals surface area contributed by atoms with Crippen molar-refractivity contribution in [3.05, 3.63) is 52.0 Å². The third kappa shape index (κ3) is 3.79. The fraction of sp³-hybridized carbons (Fsp3) is 0.176. The van der Waals surface area contributed by atoms with Crippen LogP contribution in [0.5, 0.6) is 0 Å². The van der Waals surface area contributed by atoms with E-state index in [9.17, 15) is 0 Å². The number of anilines is 2. The van der Waals surface area contributed by atoms with Crippen LogP contribution >= 0.6 is 34.4 Å². The number of hydrogen-bond acceptors (Lipinski definition) is 9. The van der Waals surface area contributed by atoms with E-state index in [1.807, 2.05) is 29.0 Å². The Labute approximate surface area is 162 Å². The molecule has 26 heavy (non-hydrogen) atoms. The summed E-state index contributed by atoms with van der Waals surface area (Å²) in [7, 11) is 0. The van der Waals surface area contributed by atoms with E-state index in [4.69, 9.17) is 4.52 Å². The first-order chi connectivity index (χ1) is 12.7. The lowest BCUT2D eigenvalue weighted by Crippen LogP contribution is -1.94. The van der Waals surface area contributed by atoms with Crippen molar-refractivity contribution in [2.24, 2.45) is 0 Å². The van der Waals surface area contributed by atoms with E-state index < -0.39 is 0 Å². The number of nitrogens with one attached hydrogen (secondary N) is 1. The van der Waals surface area contributed by atoms with Crippen LogP contribution in [0.2, 0.25) is 0 Å². The minimum atomic E-state index is 0.565. The Kier molecular flexibility index (Phi) is 5.00. The molecule has 1 aromatic carbocycles. The quantitative estimate of drug-likeness (QED) is 0.439. The zero-order valence-electron chi connectivity index (χ0n) is 14.1. The maximum absolute atomic E-state index is 5.31. The molecular formula is C17H15N5OS3. The Morgan fingerprint density at radius 1 is 1.19 bits per heavy atom. The molecule has 0 aliphatic rings. The standard InChI is InChI=1S/C17H15N5OS3/c1-10-4-3-5-13(11(10)2)18-16-20-21-17(26-16)25-9-14-19-15(22-23-14)12-6-7-24-8-12/h3-8H,9H2,1-2H3,(H,18,20). The van der Waals surface area contributed by atoms with Gasteiger partial charge < -0.3 is 9.84 Å². The van der Waals surface area contributed by atoms with Crippen LogP contribution in [0.4, 0.5) is 10.8 Å². The molecule has 1 N–H and O–H groups in total. The summed E-state index contributed by atoms with van der Waals surface area (Å²) in [6, 6.07) is 8.14. The van der Waals surface area contributed by atoms with Gasteiger partial charge in [-0.05, 0) is 42.5 Å². The van der Waals surface area contributed by atoms with Crippen molar-refractivity contribution in [1.82, 2.24) is 20.3 Å². The maximum Gasteiger partial charge on any atom is 0.237 e. The lowest BCUT2D eigenvalue weighted by molar-refractivity contribution is 0.391. The van der Waals surface area contributed by atoms with Crippen LogP contribution in [-0.4, -0.2) is 20.3 Å². The van der Waals surface area contributed by atoms with Crippen LogP contribution in [0.3, 0.4) is 0 Å². The van der Waals surface area contributed by atoms with Gasteiger partial charge in [0.1, 0.15) is 0 Å². The summed E-state index contributed by atoms with van der Waals surface area (Å²) in [4.78, 5) is 4.41. The second kappa shape index (κ2) is 7.56. The first-order valence-corrected chi connectivity index (χ1v) is 10.6. The number of aryl methyl sites for hydroxylation is 1. The van der Waals surface area contributed by atoms with Crippen molar-refractivity contribution in [3.8, 4) is 11.4 Å². The van der Waals surface area contributed by atoms with E-state index in [0.717, 1.165) is 20.7 Å². The fourth-order valence-electron chi connectivity index (χ4n) is 2.27. The van der Waals surface area contributed by atoms with E-state index in [1.54, 1.807) is 11.3 Å². The normalized spacial score (nSPS) is 11.0. The summed E-state index contributed by atoms with van der Waals surface area (Å²) >= 11 is 4.65. The molecule has 0 saturated heterocycles. The van der Waals surface area contributed by atoms with E-state index in [2.05, 4.69) is 45.6 Å². The van der Waals surface area contributed by atoms with Crippen LogP contribution in [0.15, 0.2) is 43.9 Å². The first-order valence-electron chi connectivity index (χ1n) is 7.84. The van der Waals surface area contributed by atoms with Gasteiger partial charge in [0.05, 0.1) is 5.75 Å². The third-order valence-electron chi connectivity index (χ3n) is 3.82. The summed E-state index contributed by atoms with van der Waals surface area (Å²) in [6.45, 7) is 4.19. The lowest BCUT2D eigenvalue weighted by atomic mass is 10.1. The number of benzene rings is 1. The molecule has 0 unspecified atom stereocenters. The predicted octanol–water partition coefficient (Wildman–Crippen LogP) is 5.30. The molecule has 0 atom stereocenters. The molecule has 0 bridgehead atoms. The third-order valence-corrected chi connectivity index (χ3v) is 6.46. The van der Waals surface area contributed by atoms with Gasteiger partial charge >= 0.3 is 0 Å². The highest BCUT2D eigenvalue weighted by atomic mass is 32.2. The molecule has 0 aliphatic carbocycles. The largest absolute Gasteiger partial charge is 0.338 e. The van der Waals surface area contributed by atoms with Crippen LogP contribution < -0.4 is 5.32 Å². The zero-order chi connectivity index (χ0) is 17.9. The summed E-state index contributed by atoms with van der Waals surface area (Å²) in [6.07, 6.45) is 0. The molecule has 6 nitrogen and oxygen atoms in total. The number of aromatic nitrogens is 4. The number of thioether (sulfide) groups is 1. The van der Waals surface area contributed by atoms with Gasteiger partial charge in [-0.1, -0.05) is 40.4 Å². The number of thiophene rings is 1. The lowest BCUT2D eigenvalue weighted by Gasteiger charge is -2.08. The highest BCUT2D eigenvalue weighted by molar-refractivity contribution is 8.00. The Morgan fingerprint density at radius 2 is 2.12 bits per heavy atom. The average Bonchev–Trinajstić information content (AvgIpc) is 3.38. The second-order valence-electron chi connectivity index (χ2n) is 5.56. The van der Waals surface area contributed by atoms with Gasteiger partial charge in [0.25, 0.3) is 0 Å². The summed E-state index contributed by atoms with van der Waals surface area (Å²) in [5.74, 6) is 1.77. The van der Waals surface area contributed by atoms with Crippen molar-refractivity contribution in [2.75, 3.05) is 5.32 Å². The average molecular weight is 402 g/mol. The van der Waals surface area contributed by atoms with Crippen molar-refractivity contribution in [2.45, 2.75) is 23.9 Å². The highest BCUT2D eigenvalue weighted by Crippen LogP contribution is 2.31. The molecule has 4 rings (SSSR count). The molecule has 0 amide bonds. The van der Waals surface area contributed by atoms with E-state index >= 15 is 0 Å². The van der Waals surface area contributed by atoms with Crippen molar-refractivity contribution >= 4 is 45.3 Å². The summed E-state index contributed by atoms with van der Waals surface area (Å²) in [5, 5.41) is 20.5. The minimum absolute atomic E-state index is 0.565. The minimum Gasteiger partial charge on any atom is -0.338 e. The monoisotopic (exact) mass is 401 g/mol. The van der Waals surface area contributed by atoms with Crippen molar-refractivity contribution in [1.29, 1.82) is 0 Å². The number of nitrogens with zero attached hydrogens (tertiary/aromatic N) is 4. The smallest absolute Gasteiger partial charge is 0.237 e. The molecule has 3 heterocycles. The van der Waals surface area contributed by atoms with Crippen LogP contribution in [-0.2, 0) is 5.75 Å².